The second-order valence-electron chi connectivity index (χ2n) is 14.5. The zero-order chi connectivity index (χ0) is 29.7. The van der Waals surface area contributed by atoms with Gasteiger partial charge >= 0.3 is 0 Å². The van der Waals surface area contributed by atoms with Gasteiger partial charge in [-0.3, -0.25) is 0 Å². The maximum atomic E-state index is 5.70. The van der Waals surface area contributed by atoms with Gasteiger partial charge in [0.25, 0.3) is 0 Å². The lowest BCUT2D eigenvalue weighted by atomic mass is 10.0. The largest absolute Gasteiger partial charge is 0.497 e. The molecule has 0 spiro atoms. The Labute approximate surface area is 256 Å². The fourth-order valence-corrected chi connectivity index (χ4v) is 12.5. The van der Waals surface area contributed by atoms with Crippen LogP contribution in [0.25, 0.3) is 44.1 Å². The molecule has 0 N–H and O–H groups in total. The predicted octanol–water partition coefficient (Wildman–Crippen LogP) is 9.46. The van der Waals surface area contributed by atoms with Gasteiger partial charge in [0.1, 0.15) is 5.75 Å². The van der Waals surface area contributed by atoms with Crippen LogP contribution in [0, 0.1) is 0 Å². The van der Waals surface area contributed by atoms with E-state index in [1.165, 1.54) is 72.1 Å². The Balaban J connectivity index is 1.27. The third kappa shape index (κ3) is 4.12. The van der Waals surface area contributed by atoms with Crippen molar-refractivity contribution in [2.75, 3.05) is 7.11 Å². The molecule has 2 heterocycles. The molecule has 0 saturated heterocycles. The fourth-order valence-electron chi connectivity index (χ4n) is 8.09. The molecule has 3 nitrogen and oxygen atoms in total. The van der Waals surface area contributed by atoms with Crippen molar-refractivity contribution in [1.29, 1.82) is 0 Å². The van der Waals surface area contributed by atoms with Crippen molar-refractivity contribution >= 4 is 38.1 Å². The van der Waals surface area contributed by atoms with Crippen LogP contribution in [0.4, 0.5) is 0 Å². The van der Waals surface area contributed by atoms with Crippen molar-refractivity contribution in [3.05, 3.63) is 113 Å². The highest BCUT2D eigenvalue weighted by Crippen LogP contribution is 2.47. The average molecular weight is 597 g/mol. The first-order chi connectivity index (χ1) is 20.6. The Bertz CT molecular complexity index is 2090. The number of nitrogens with zero attached hydrogens (tertiary/aromatic N) is 2. The van der Waals surface area contributed by atoms with E-state index in [4.69, 9.17) is 4.74 Å². The number of fused-ring (bicyclic) bond motifs is 10. The first-order valence-electron chi connectivity index (χ1n) is 15.7. The molecule has 5 heteroatoms. The minimum absolute atomic E-state index is 0.929. The van der Waals surface area contributed by atoms with Gasteiger partial charge in [-0.1, -0.05) is 87.3 Å². The van der Waals surface area contributed by atoms with Crippen LogP contribution in [-0.2, 0) is 25.1 Å². The average Bonchev–Trinajstić information content (AvgIpc) is 3.69. The maximum Gasteiger partial charge on any atom is 0.160 e. The lowest BCUT2D eigenvalue weighted by Crippen LogP contribution is -2.40. The standard InChI is InChI=1S/C38H40N2OSi2/c1-41-28-16-18-34-32(22-28)38-30-14-10-8-12-27(30)21-36(38)40(34)43(5,6)23-25-15-17-33-31(19-25)37-29-13-9-7-11-26(29)20-35(37)39(33)24-42(2,3)4/h7-19,22H,20-21,23-24H2,1-6H3. The molecule has 0 amide bonds. The molecular weight excluding hydrogens is 557 g/mol. The topological polar surface area (TPSA) is 19.1 Å². The summed E-state index contributed by atoms with van der Waals surface area (Å²) in [6, 6.07) is 33.2. The Morgan fingerprint density at radius 3 is 1.95 bits per heavy atom. The predicted molar refractivity (Wildman–Crippen MR) is 187 cm³/mol. The van der Waals surface area contributed by atoms with Crippen LogP contribution in [0.1, 0.15) is 28.1 Å². The van der Waals surface area contributed by atoms with Gasteiger partial charge in [-0.05, 0) is 64.2 Å². The zero-order valence-corrected chi connectivity index (χ0v) is 28.2. The van der Waals surface area contributed by atoms with Gasteiger partial charge in [-0.15, -0.1) is 0 Å². The summed E-state index contributed by atoms with van der Waals surface area (Å²) in [4.78, 5) is 0. The highest BCUT2D eigenvalue weighted by atomic mass is 28.3. The van der Waals surface area contributed by atoms with Crippen LogP contribution < -0.4 is 4.74 Å². The number of hydrogen-bond acceptors (Lipinski definition) is 1. The molecule has 0 aliphatic heterocycles. The molecule has 2 aliphatic rings. The molecule has 0 bridgehead atoms. The van der Waals surface area contributed by atoms with Crippen LogP contribution in [0.2, 0.25) is 32.7 Å². The summed E-state index contributed by atoms with van der Waals surface area (Å²) in [5.41, 5.74) is 15.9. The highest BCUT2D eigenvalue weighted by Gasteiger charge is 2.35. The maximum absolute atomic E-state index is 5.70. The summed E-state index contributed by atoms with van der Waals surface area (Å²) < 4.78 is 11.2. The van der Waals surface area contributed by atoms with Crippen LogP contribution in [0.3, 0.4) is 0 Å². The summed E-state index contributed by atoms with van der Waals surface area (Å²) in [5, 5.41) is 2.77. The minimum Gasteiger partial charge on any atom is -0.497 e. The number of hydrogen-bond donors (Lipinski definition) is 0. The van der Waals surface area contributed by atoms with Crippen molar-refractivity contribution < 1.29 is 4.74 Å². The van der Waals surface area contributed by atoms with Gasteiger partial charge in [0.2, 0.25) is 0 Å². The van der Waals surface area contributed by atoms with E-state index in [1.54, 1.807) is 7.11 Å². The third-order valence-electron chi connectivity index (χ3n) is 9.67. The van der Waals surface area contributed by atoms with Gasteiger partial charge in [0, 0.05) is 63.3 Å². The van der Waals surface area contributed by atoms with E-state index in [0.29, 0.717) is 0 Å². The van der Waals surface area contributed by atoms with Gasteiger partial charge in [-0.2, -0.15) is 0 Å². The van der Waals surface area contributed by atoms with E-state index in [-0.39, 0.29) is 0 Å². The number of methoxy groups -OCH3 is 1. The Kier molecular flexibility index (Phi) is 5.82. The number of aromatic nitrogens is 2. The molecule has 2 aromatic heterocycles. The van der Waals surface area contributed by atoms with Gasteiger partial charge in [0.05, 0.1) is 15.2 Å². The van der Waals surface area contributed by atoms with Crippen LogP contribution in [0.5, 0.6) is 5.75 Å². The lowest BCUT2D eigenvalue weighted by molar-refractivity contribution is 0.415. The molecule has 2 aliphatic carbocycles. The quantitative estimate of drug-likeness (QED) is 0.175. The molecule has 0 fully saturated rings. The van der Waals surface area contributed by atoms with E-state index in [2.05, 4.69) is 126 Å². The van der Waals surface area contributed by atoms with Gasteiger partial charge < -0.3 is 13.5 Å². The number of rotatable bonds is 6. The van der Waals surface area contributed by atoms with Crippen molar-refractivity contribution in [1.82, 2.24) is 8.80 Å². The van der Waals surface area contributed by atoms with Crippen molar-refractivity contribution in [2.24, 2.45) is 0 Å². The van der Waals surface area contributed by atoms with Crippen LogP contribution in [-0.4, -0.2) is 32.2 Å². The molecule has 43 heavy (non-hydrogen) atoms. The normalized spacial score (nSPS) is 13.8. The molecule has 216 valence electrons. The molecule has 6 aromatic rings. The second kappa shape index (κ2) is 9.34. The Morgan fingerprint density at radius 2 is 1.28 bits per heavy atom. The first-order valence-corrected chi connectivity index (χ1v) is 22.5. The number of benzene rings is 4. The van der Waals surface area contributed by atoms with E-state index >= 15 is 0 Å². The molecule has 0 saturated carbocycles. The minimum atomic E-state index is -2.00. The number of ether oxygens (including phenoxy) is 1. The zero-order valence-electron chi connectivity index (χ0n) is 26.2. The molecule has 0 atom stereocenters. The highest BCUT2D eigenvalue weighted by molar-refractivity contribution is 6.76. The summed E-state index contributed by atoms with van der Waals surface area (Å²) in [6.45, 7) is 12.6. The molecule has 8 rings (SSSR count). The van der Waals surface area contributed by atoms with E-state index in [0.717, 1.165) is 30.8 Å². The summed E-state index contributed by atoms with van der Waals surface area (Å²) in [5.74, 6) is 0.929. The summed E-state index contributed by atoms with van der Waals surface area (Å²) in [7, 11) is -1.55. The molecule has 4 aromatic carbocycles. The third-order valence-corrected chi connectivity index (χ3v) is 13.9. The van der Waals surface area contributed by atoms with Crippen molar-refractivity contribution in [3.8, 4) is 28.0 Å². The SMILES string of the molecule is COc1ccc2c(c1)c1c(n2[Si](C)(C)Cc2ccc3c(c2)c2c(n3C[Si](C)(C)C)Cc3ccccc3-2)Cc2ccccc2-1. The molecule has 0 radical (unpaired) electrons. The van der Waals surface area contributed by atoms with Crippen molar-refractivity contribution in [3.63, 3.8) is 0 Å². The smallest absolute Gasteiger partial charge is 0.160 e. The fraction of sp³-hybridized carbons (Fsp3) is 0.263. The first kappa shape index (κ1) is 26.8. The van der Waals surface area contributed by atoms with Gasteiger partial charge in [0.15, 0.2) is 8.24 Å². The monoisotopic (exact) mass is 596 g/mol. The Morgan fingerprint density at radius 1 is 0.674 bits per heavy atom. The van der Waals surface area contributed by atoms with Crippen LogP contribution >= 0.6 is 0 Å². The van der Waals surface area contributed by atoms with Crippen LogP contribution in [0.15, 0.2) is 84.9 Å². The van der Waals surface area contributed by atoms with Gasteiger partial charge in [-0.25, -0.2) is 0 Å². The Hall–Kier alpha value is -3.81. The second-order valence-corrected chi connectivity index (χ2v) is 24.4. The lowest BCUT2D eigenvalue weighted by Gasteiger charge is -2.28. The van der Waals surface area contributed by atoms with E-state index in [9.17, 15) is 0 Å². The molecule has 0 unspecified atom stereocenters. The van der Waals surface area contributed by atoms with Crippen molar-refractivity contribution in [2.45, 2.75) is 57.8 Å². The summed E-state index contributed by atoms with van der Waals surface area (Å²) in [6.07, 6.45) is 3.21. The van der Waals surface area contributed by atoms with E-state index < -0.39 is 16.3 Å². The van der Waals surface area contributed by atoms with E-state index in [1.807, 2.05) is 0 Å². The summed E-state index contributed by atoms with van der Waals surface area (Å²) >= 11 is 0. The molecular formula is C38H40N2OSi2.